The molecule has 0 aliphatic carbocycles. The number of nitrogens with one attached hydrogen (secondary N) is 1. The maximum absolute atomic E-state index is 11.9. The summed E-state index contributed by atoms with van der Waals surface area (Å²) in [4.78, 5) is 11.9. The fourth-order valence-electron chi connectivity index (χ4n) is 1.50. The van der Waals surface area contributed by atoms with Crippen LogP contribution in [-0.4, -0.2) is 16.1 Å². The van der Waals surface area contributed by atoms with Gasteiger partial charge in [0.25, 0.3) is 0 Å². The van der Waals surface area contributed by atoms with Crippen LogP contribution in [0.25, 0.3) is 0 Å². The maximum Gasteiger partial charge on any atom is 0.230 e. The van der Waals surface area contributed by atoms with Crippen molar-refractivity contribution in [3.05, 3.63) is 39.9 Å². The summed E-state index contributed by atoms with van der Waals surface area (Å²) in [5, 5.41) is 12.7. The zero-order valence-electron chi connectivity index (χ0n) is 10.7. The van der Waals surface area contributed by atoms with Gasteiger partial charge in [-0.15, -0.1) is 10.2 Å². The molecule has 0 bridgehead atoms. The van der Waals surface area contributed by atoms with E-state index in [4.69, 9.17) is 11.6 Å². The van der Waals surface area contributed by atoms with Gasteiger partial charge in [0.05, 0.1) is 6.42 Å². The van der Waals surface area contributed by atoms with E-state index in [1.807, 2.05) is 32.0 Å². The molecule has 4 nitrogen and oxygen atoms in total. The highest BCUT2D eigenvalue weighted by molar-refractivity contribution is 7.15. The second-order valence-electron chi connectivity index (χ2n) is 4.42. The summed E-state index contributed by atoms with van der Waals surface area (Å²) < 4.78 is 0. The predicted molar refractivity (Wildman–Crippen MR) is 77.8 cm³/mol. The number of rotatable bonds is 4. The third kappa shape index (κ3) is 3.75. The summed E-state index contributed by atoms with van der Waals surface area (Å²) in [6.45, 7) is 4.08. The SMILES string of the molecule is CC(C)c1nnc(NC(=O)Cc2ccccc2Cl)s1. The standard InChI is InChI=1S/C13H14ClN3OS/c1-8(2)12-16-17-13(19-12)15-11(18)7-9-5-3-4-6-10(9)14/h3-6,8H,7H2,1-2H3,(H,15,17,18). The van der Waals surface area contributed by atoms with Crippen LogP contribution in [0, 0.1) is 0 Å². The number of benzene rings is 1. The Labute approximate surface area is 120 Å². The molecule has 0 atom stereocenters. The van der Waals surface area contributed by atoms with Crippen molar-refractivity contribution in [1.29, 1.82) is 0 Å². The zero-order valence-corrected chi connectivity index (χ0v) is 12.3. The first-order valence-corrected chi connectivity index (χ1v) is 7.12. The van der Waals surface area contributed by atoms with E-state index in [9.17, 15) is 4.79 Å². The first-order chi connectivity index (χ1) is 9.06. The first kappa shape index (κ1) is 14.0. The summed E-state index contributed by atoms with van der Waals surface area (Å²) in [5.74, 6) is 0.172. The topological polar surface area (TPSA) is 54.9 Å². The van der Waals surface area contributed by atoms with Gasteiger partial charge in [0, 0.05) is 10.9 Å². The molecule has 0 radical (unpaired) electrons. The molecule has 0 aliphatic rings. The fourth-order valence-corrected chi connectivity index (χ4v) is 2.46. The van der Waals surface area contributed by atoms with Crippen LogP contribution in [0.5, 0.6) is 0 Å². The number of hydrogen-bond donors (Lipinski definition) is 1. The Kier molecular flexibility index (Phi) is 4.50. The molecule has 0 saturated carbocycles. The molecule has 6 heteroatoms. The fraction of sp³-hybridized carbons (Fsp3) is 0.308. The Morgan fingerprint density at radius 1 is 1.37 bits per heavy atom. The number of nitrogens with zero attached hydrogens (tertiary/aromatic N) is 2. The van der Waals surface area contributed by atoms with E-state index in [2.05, 4.69) is 15.5 Å². The van der Waals surface area contributed by atoms with Gasteiger partial charge in [-0.25, -0.2) is 0 Å². The molecular weight excluding hydrogens is 282 g/mol. The lowest BCUT2D eigenvalue weighted by molar-refractivity contribution is -0.115. The number of carbonyl (C=O) groups excluding carboxylic acids is 1. The van der Waals surface area contributed by atoms with Crippen molar-refractivity contribution in [2.75, 3.05) is 5.32 Å². The molecule has 1 aromatic carbocycles. The van der Waals surface area contributed by atoms with Crippen molar-refractivity contribution >= 4 is 34.0 Å². The van der Waals surface area contributed by atoms with Crippen molar-refractivity contribution < 1.29 is 4.79 Å². The normalized spacial score (nSPS) is 10.7. The van der Waals surface area contributed by atoms with Gasteiger partial charge >= 0.3 is 0 Å². The van der Waals surface area contributed by atoms with Crippen LogP contribution in [0.15, 0.2) is 24.3 Å². The van der Waals surface area contributed by atoms with Crippen LogP contribution in [0.2, 0.25) is 5.02 Å². The lowest BCUT2D eigenvalue weighted by atomic mass is 10.1. The molecule has 1 N–H and O–H groups in total. The van der Waals surface area contributed by atoms with Gasteiger partial charge in [-0.05, 0) is 11.6 Å². The summed E-state index contributed by atoms with van der Waals surface area (Å²) in [6, 6.07) is 7.30. The molecule has 2 rings (SSSR count). The molecule has 0 saturated heterocycles. The number of hydrogen-bond acceptors (Lipinski definition) is 4. The smallest absolute Gasteiger partial charge is 0.230 e. The van der Waals surface area contributed by atoms with E-state index >= 15 is 0 Å². The monoisotopic (exact) mass is 295 g/mol. The van der Waals surface area contributed by atoms with Crippen molar-refractivity contribution in [2.24, 2.45) is 0 Å². The van der Waals surface area contributed by atoms with Crippen LogP contribution < -0.4 is 5.32 Å². The summed E-state index contributed by atoms with van der Waals surface area (Å²) in [6.07, 6.45) is 0.232. The average molecular weight is 296 g/mol. The summed E-state index contributed by atoms with van der Waals surface area (Å²) in [5.41, 5.74) is 0.801. The lowest BCUT2D eigenvalue weighted by Gasteiger charge is -2.03. The number of carbonyl (C=O) groups is 1. The number of halogens is 1. The zero-order chi connectivity index (χ0) is 13.8. The van der Waals surface area contributed by atoms with Crippen LogP contribution in [0.4, 0.5) is 5.13 Å². The third-order valence-electron chi connectivity index (χ3n) is 2.49. The van der Waals surface area contributed by atoms with E-state index in [1.54, 1.807) is 6.07 Å². The van der Waals surface area contributed by atoms with E-state index in [0.29, 0.717) is 16.1 Å². The van der Waals surface area contributed by atoms with Crippen LogP contribution in [0.3, 0.4) is 0 Å². The largest absolute Gasteiger partial charge is 0.300 e. The van der Waals surface area contributed by atoms with Crippen molar-refractivity contribution in [1.82, 2.24) is 10.2 Å². The molecule has 0 spiro atoms. The highest BCUT2D eigenvalue weighted by atomic mass is 35.5. The Morgan fingerprint density at radius 2 is 2.11 bits per heavy atom. The summed E-state index contributed by atoms with van der Waals surface area (Å²) >= 11 is 7.41. The average Bonchev–Trinajstić information content (AvgIpc) is 2.80. The number of amides is 1. The van der Waals surface area contributed by atoms with Gasteiger partial charge in [0.15, 0.2) is 0 Å². The van der Waals surface area contributed by atoms with E-state index in [1.165, 1.54) is 11.3 Å². The third-order valence-corrected chi connectivity index (χ3v) is 4.00. The van der Waals surface area contributed by atoms with Crippen molar-refractivity contribution in [2.45, 2.75) is 26.2 Å². The molecule has 1 heterocycles. The molecule has 2 aromatic rings. The maximum atomic E-state index is 11.9. The highest BCUT2D eigenvalue weighted by Crippen LogP contribution is 2.23. The Morgan fingerprint density at radius 3 is 2.74 bits per heavy atom. The lowest BCUT2D eigenvalue weighted by Crippen LogP contribution is -2.14. The molecule has 19 heavy (non-hydrogen) atoms. The highest BCUT2D eigenvalue weighted by Gasteiger charge is 2.11. The number of aromatic nitrogens is 2. The first-order valence-electron chi connectivity index (χ1n) is 5.93. The Hall–Kier alpha value is -1.46. The Bertz CT molecular complexity index is 583. The van der Waals surface area contributed by atoms with Crippen LogP contribution >= 0.6 is 22.9 Å². The summed E-state index contributed by atoms with van der Waals surface area (Å²) in [7, 11) is 0. The quantitative estimate of drug-likeness (QED) is 0.939. The molecule has 0 unspecified atom stereocenters. The minimum atomic E-state index is -0.139. The molecule has 0 aliphatic heterocycles. The molecular formula is C13H14ClN3OS. The van der Waals surface area contributed by atoms with Gasteiger partial charge in [-0.1, -0.05) is 55.0 Å². The Balaban J connectivity index is 1.99. The van der Waals surface area contributed by atoms with Gasteiger partial charge in [-0.3, -0.25) is 4.79 Å². The van der Waals surface area contributed by atoms with Gasteiger partial charge in [0.1, 0.15) is 5.01 Å². The second kappa shape index (κ2) is 6.12. The van der Waals surface area contributed by atoms with Crippen molar-refractivity contribution in [3.63, 3.8) is 0 Å². The van der Waals surface area contributed by atoms with Gasteiger partial charge in [-0.2, -0.15) is 0 Å². The molecule has 0 fully saturated rings. The van der Waals surface area contributed by atoms with Gasteiger partial charge < -0.3 is 5.32 Å². The predicted octanol–water partition coefficient (Wildman–Crippen LogP) is 3.50. The number of anilines is 1. The van der Waals surface area contributed by atoms with E-state index < -0.39 is 0 Å². The second-order valence-corrected chi connectivity index (χ2v) is 5.83. The van der Waals surface area contributed by atoms with Crippen LogP contribution in [-0.2, 0) is 11.2 Å². The molecule has 1 amide bonds. The van der Waals surface area contributed by atoms with Gasteiger partial charge in [0.2, 0.25) is 11.0 Å². The van der Waals surface area contributed by atoms with Crippen LogP contribution in [0.1, 0.15) is 30.3 Å². The van der Waals surface area contributed by atoms with E-state index in [-0.39, 0.29) is 12.3 Å². The molecule has 1 aromatic heterocycles. The minimum absolute atomic E-state index is 0.139. The van der Waals surface area contributed by atoms with E-state index in [0.717, 1.165) is 10.6 Å². The molecule has 100 valence electrons. The minimum Gasteiger partial charge on any atom is -0.300 e. The van der Waals surface area contributed by atoms with Crippen molar-refractivity contribution in [3.8, 4) is 0 Å².